The first-order valence-electron chi connectivity index (χ1n) is 12.3. The van der Waals surface area contributed by atoms with Gasteiger partial charge in [0.1, 0.15) is 0 Å². The molecular formula is C28H36N4. The van der Waals surface area contributed by atoms with Gasteiger partial charge in [0.25, 0.3) is 0 Å². The van der Waals surface area contributed by atoms with Crippen molar-refractivity contribution in [2.45, 2.75) is 79.4 Å². The van der Waals surface area contributed by atoms with E-state index in [1.54, 1.807) is 11.3 Å². The number of hydrogen-bond acceptors (Lipinski definition) is 2. The van der Waals surface area contributed by atoms with Gasteiger partial charge >= 0.3 is 0 Å². The van der Waals surface area contributed by atoms with Crippen LogP contribution in [-0.2, 0) is 32.5 Å². The molecule has 2 aromatic heterocycles. The first-order valence-corrected chi connectivity index (χ1v) is 12.3. The number of fused-ring (bicyclic) bond motifs is 4. The molecule has 1 N–H and O–H groups in total. The van der Waals surface area contributed by atoms with Crippen molar-refractivity contribution in [1.29, 1.82) is 0 Å². The summed E-state index contributed by atoms with van der Waals surface area (Å²) in [5.74, 6) is 0.981. The lowest BCUT2D eigenvalue weighted by atomic mass is 9.76. The van der Waals surface area contributed by atoms with Crippen LogP contribution in [0.15, 0.2) is 42.5 Å². The minimum absolute atomic E-state index is 0.387. The zero-order valence-corrected chi connectivity index (χ0v) is 20.0. The zero-order chi connectivity index (χ0) is 22.3. The maximum atomic E-state index is 4.90. The van der Waals surface area contributed by atoms with Crippen LogP contribution < -0.4 is 5.32 Å². The van der Waals surface area contributed by atoms with Gasteiger partial charge in [-0.2, -0.15) is 0 Å². The Balaban J connectivity index is 1.47. The molecule has 1 aliphatic carbocycles. The van der Waals surface area contributed by atoms with Crippen LogP contribution in [0.2, 0.25) is 0 Å². The standard InChI is InChI=1S/C28H36N4/c1-5-7-16-32-26-11-9-8-10-23(26)30-27(32)29-19-20-12-13-24-21(17-20)22-18-28(3,4)15-14-25(22)31(24)6-2/h8-13,17H,5-7,14-16,18-19H2,1-4H3,(H,29,30). The fraction of sp³-hybridized carbons (Fsp3) is 0.464. The molecule has 0 unspecified atom stereocenters. The summed E-state index contributed by atoms with van der Waals surface area (Å²) >= 11 is 0. The van der Waals surface area contributed by atoms with E-state index in [1.807, 2.05) is 0 Å². The van der Waals surface area contributed by atoms with Crippen molar-refractivity contribution in [2.75, 3.05) is 5.32 Å². The Morgan fingerprint density at radius 3 is 2.69 bits per heavy atom. The molecule has 0 fully saturated rings. The summed E-state index contributed by atoms with van der Waals surface area (Å²) in [7, 11) is 0. The number of nitrogens with zero attached hydrogens (tertiary/aromatic N) is 3. The summed E-state index contributed by atoms with van der Waals surface area (Å²) in [6.45, 7) is 12.2. The summed E-state index contributed by atoms with van der Waals surface area (Å²) in [5, 5.41) is 5.11. The zero-order valence-electron chi connectivity index (χ0n) is 20.0. The van der Waals surface area contributed by atoms with Gasteiger partial charge in [-0.05, 0) is 73.4 Å². The van der Waals surface area contributed by atoms with E-state index in [1.165, 1.54) is 47.7 Å². The Morgan fingerprint density at radius 2 is 1.88 bits per heavy atom. The molecule has 0 radical (unpaired) electrons. The predicted octanol–water partition coefficient (Wildman–Crippen LogP) is 6.94. The lowest BCUT2D eigenvalue weighted by Gasteiger charge is -2.30. The van der Waals surface area contributed by atoms with E-state index in [9.17, 15) is 0 Å². The third-order valence-corrected chi connectivity index (χ3v) is 7.20. The second-order valence-corrected chi connectivity index (χ2v) is 10.1. The molecule has 4 aromatic rings. The number of benzene rings is 2. The summed E-state index contributed by atoms with van der Waals surface area (Å²) in [4.78, 5) is 4.90. The highest BCUT2D eigenvalue weighted by atomic mass is 15.2. The smallest absolute Gasteiger partial charge is 0.204 e. The number of rotatable bonds is 7. The van der Waals surface area contributed by atoms with E-state index in [0.29, 0.717) is 5.41 Å². The van der Waals surface area contributed by atoms with Crippen molar-refractivity contribution in [3.05, 3.63) is 59.3 Å². The van der Waals surface area contributed by atoms with Crippen LogP contribution >= 0.6 is 0 Å². The van der Waals surface area contributed by atoms with Gasteiger partial charge in [0.15, 0.2) is 0 Å². The van der Waals surface area contributed by atoms with Crippen LogP contribution in [-0.4, -0.2) is 14.1 Å². The molecule has 0 amide bonds. The van der Waals surface area contributed by atoms with Crippen molar-refractivity contribution >= 4 is 27.9 Å². The Bertz CT molecular complexity index is 1260. The molecule has 0 saturated carbocycles. The second-order valence-electron chi connectivity index (χ2n) is 10.1. The lowest BCUT2D eigenvalue weighted by Crippen LogP contribution is -2.22. The Kier molecular flexibility index (Phi) is 5.48. The molecule has 4 nitrogen and oxygen atoms in total. The molecular weight excluding hydrogens is 392 g/mol. The van der Waals surface area contributed by atoms with Gasteiger partial charge in [-0.25, -0.2) is 4.98 Å². The molecule has 0 spiro atoms. The number of para-hydroxylation sites is 2. The van der Waals surface area contributed by atoms with Crippen LogP contribution in [0.25, 0.3) is 21.9 Å². The van der Waals surface area contributed by atoms with Gasteiger partial charge in [-0.15, -0.1) is 0 Å². The van der Waals surface area contributed by atoms with Gasteiger partial charge in [0.05, 0.1) is 11.0 Å². The molecule has 168 valence electrons. The molecule has 4 heteroatoms. The van der Waals surface area contributed by atoms with Gasteiger partial charge in [-0.1, -0.05) is 45.4 Å². The molecule has 0 atom stereocenters. The third kappa shape index (κ3) is 3.70. The number of imidazole rings is 1. The number of anilines is 1. The summed E-state index contributed by atoms with van der Waals surface area (Å²) in [6, 6.07) is 15.5. The summed E-state index contributed by atoms with van der Waals surface area (Å²) in [6.07, 6.45) is 5.99. The van der Waals surface area contributed by atoms with Crippen LogP contribution in [0.5, 0.6) is 0 Å². The predicted molar refractivity (Wildman–Crippen MR) is 135 cm³/mol. The number of unbranched alkanes of at least 4 members (excludes halogenated alkanes) is 1. The summed E-state index contributed by atoms with van der Waals surface area (Å²) < 4.78 is 4.89. The monoisotopic (exact) mass is 428 g/mol. The number of aryl methyl sites for hydroxylation is 2. The highest BCUT2D eigenvalue weighted by Gasteiger charge is 2.29. The van der Waals surface area contributed by atoms with Gasteiger partial charge in [0.2, 0.25) is 5.95 Å². The average Bonchev–Trinajstić information content (AvgIpc) is 3.29. The second kappa shape index (κ2) is 8.31. The highest BCUT2D eigenvalue weighted by Crippen LogP contribution is 2.40. The molecule has 1 aliphatic rings. The molecule has 2 heterocycles. The first kappa shape index (κ1) is 21.1. The minimum Gasteiger partial charge on any atom is -0.352 e. The number of aromatic nitrogens is 3. The Hall–Kier alpha value is -2.75. The van der Waals surface area contributed by atoms with Crippen molar-refractivity contribution in [3.63, 3.8) is 0 Å². The molecule has 32 heavy (non-hydrogen) atoms. The molecule has 0 aliphatic heterocycles. The maximum absolute atomic E-state index is 4.90. The van der Waals surface area contributed by atoms with E-state index in [0.717, 1.165) is 37.5 Å². The topological polar surface area (TPSA) is 34.8 Å². The van der Waals surface area contributed by atoms with E-state index in [-0.39, 0.29) is 0 Å². The highest BCUT2D eigenvalue weighted by molar-refractivity contribution is 5.87. The molecule has 0 bridgehead atoms. The van der Waals surface area contributed by atoms with E-state index in [4.69, 9.17) is 4.98 Å². The first-order chi connectivity index (χ1) is 15.5. The van der Waals surface area contributed by atoms with Gasteiger partial charge in [-0.3, -0.25) is 0 Å². The molecule has 2 aromatic carbocycles. The van der Waals surface area contributed by atoms with Crippen LogP contribution in [0.4, 0.5) is 5.95 Å². The normalized spacial score (nSPS) is 15.4. The fourth-order valence-electron chi connectivity index (χ4n) is 5.44. The van der Waals surface area contributed by atoms with Crippen LogP contribution in [0.3, 0.4) is 0 Å². The maximum Gasteiger partial charge on any atom is 0.204 e. The van der Waals surface area contributed by atoms with E-state index < -0.39 is 0 Å². The SMILES string of the molecule is CCCCn1c(NCc2ccc3c(c2)c2c(n3CC)CCC(C)(C)C2)nc2ccccc21. The van der Waals surface area contributed by atoms with E-state index >= 15 is 0 Å². The van der Waals surface area contributed by atoms with Gasteiger partial charge in [0, 0.05) is 36.2 Å². The van der Waals surface area contributed by atoms with Crippen molar-refractivity contribution in [2.24, 2.45) is 5.41 Å². The van der Waals surface area contributed by atoms with Gasteiger partial charge < -0.3 is 14.5 Å². The Labute approximate surface area is 191 Å². The Morgan fingerprint density at radius 1 is 1.03 bits per heavy atom. The number of nitrogens with one attached hydrogen (secondary N) is 1. The van der Waals surface area contributed by atoms with Crippen LogP contribution in [0, 0.1) is 5.41 Å². The third-order valence-electron chi connectivity index (χ3n) is 7.20. The average molecular weight is 429 g/mol. The largest absolute Gasteiger partial charge is 0.352 e. The molecule has 0 saturated heterocycles. The van der Waals surface area contributed by atoms with Crippen LogP contribution in [0.1, 0.15) is 63.8 Å². The lowest BCUT2D eigenvalue weighted by molar-refractivity contribution is 0.311. The van der Waals surface area contributed by atoms with Crippen molar-refractivity contribution in [3.8, 4) is 0 Å². The van der Waals surface area contributed by atoms with Crippen molar-refractivity contribution < 1.29 is 0 Å². The quantitative estimate of drug-likeness (QED) is 0.346. The minimum atomic E-state index is 0.387. The van der Waals surface area contributed by atoms with Crippen molar-refractivity contribution in [1.82, 2.24) is 14.1 Å². The fourth-order valence-corrected chi connectivity index (χ4v) is 5.44. The molecule has 5 rings (SSSR count). The number of hydrogen-bond donors (Lipinski definition) is 1. The summed E-state index contributed by atoms with van der Waals surface area (Å²) in [5.41, 5.74) is 8.54. The van der Waals surface area contributed by atoms with E-state index in [2.05, 4.69) is 84.6 Å².